The Morgan fingerprint density at radius 3 is 3.00 bits per heavy atom. The number of aromatic nitrogens is 1. The second-order valence-corrected chi connectivity index (χ2v) is 6.06. The van der Waals surface area contributed by atoms with Crippen molar-refractivity contribution in [2.24, 2.45) is 11.8 Å². The first-order valence-corrected chi connectivity index (χ1v) is 7.50. The van der Waals surface area contributed by atoms with Crippen molar-refractivity contribution in [2.45, 2.75) is 31.7 Å². The summed E-state index contributed by atoms with van der Waals surface area (Å²) in [6.07, 6.45) is 7.70. The van der Waals surface area contributed by atoms with Gasteiger partial charge in [-0.15, -0.1) is 0 Å². The normalized spacial score (nSPS) is 30.4. The van der Waals surface area contributed by atoms with Crippen LogP contribution in [0.5, 0.6) is 0 Å². The lowest BCUT2D eigenvalue weighted by atomic mass is 9.77. The molecule has 0 bridgehead atoms. The molecule has 3 atom stereocenters. The highest BCUT2D eigenvalue weighted by Crippen LogP contribution is 2.42. The zero-order chi connectivity index (χ0) is 12.7. The van der Waals surface area contributed by atoms with Gasteiger partial charge in [-0.3, -0.25) is 4.98 Å². The molecule has 1 aliphatic carbocycles. The molecule has 1 N–H and O–H groups in total. The van der Waals surface area contributed by atoms with E-state index in [4.69, 9.17) is 0 Å². The largest absolute Gasteiger partial charge is 0.309 e. The van der Waals surface area contributed by atoms with E-state index in [1.807, 2.05) is 0 Å². The molecule has 3 unspecified atom stereocenters. The van der Waals surface area contributed by atoms with Gasteiger partial charge < -0.3 is 5.32 Å². The minimum atomic E-state index is 0.530. The van der Waals surface area contributed by atoms with Crippen LogP contribution in [0, 0.1) is 11.8 Å². The summed E-state index contributed by atoms with van der Waals surface area (Å²) in [4.78, 5) is 4.62. The van der Waals surface area contributed by atoms with Crippen LogP contribution in [0.4, 0.5) is 0 Å². The maximum absolute atomic E-state index is 4.62. The van der Waals surface area contributed by atoms with Gasteiger partial charge in [0.2, 0.25) is 0 Å². The fraction of sp³-hybridized carbons (Fsp3) is 0.471. The monoisotopic (exact) mass is 252 g/mol. The zero-order valence-electron chi connectivity index (χ0n) is 11.2. The highest BCUT2D eigenvalue weighted by Gasteiger charge is 2.37. The number of pyridine rings is 1. The van der Waals surface area contributed by atoms with Gasteiger partial charge in [0, 0.05) is 17.6 Å². The lowest BCUT2D eigenvalue weighted by Gasteiger charge is -2.28. The van der Waals surface area contributed by atoms with E-state index in [0.29, 0.717) is 6.04 Å². The van der Waals surface area contributed by atoms with Crippen molar-refractivity contribution in [2.75, 3.05) is 6.54 Å². The van der Waals surface area contributed by atoms with E-state index in [0.717, 1.165) is 17.4 Å². The standard InChI is InChI=1S/C17H20N2/c1-3-7-15-13(6-1)10-19-17(15)14-9-12-5-2-4-8-16(12)18-11-14/h2,4-5,8-9,11,13,15,17,19H,1,3,6-7,10H2. The van der Waals surface area contributed by atoms with Crippen LogP contribution in [0.2, 0.25) is 0 Å². The molecule has 2 aromatic rings. The van der Waals surface area contributed by atoms with Crippen LogP contribution >= 0.6 is 0 Å². The highest BCUT2D eigenvalue weighted by atomic mass is 15.0. The topological polar surface area (TPSA) is 24.9 Å². The van der Waals surface area contributed by atoms with Crippen LogP contribution in [-0.4, -0.2) is 11.5 Å². The van der Waals surface area contributed by atoms with Crippen molar-refractivity contribution >= 4 is 10.9 Å². The van der Waals surface area contributed by atoms with Crippen LogP contribution in [0.25, 0.3) is 10.9 Å². The number of benzene rings is 1. The molecule has 2 nitrogen and oxygen atoms in total. The molecule has 2 aliphatic rings. The van der Waals surface area contributed by atoms with Crippen LogP contribution in [0.1, 0.15) is 37.3 Å². The lowest BCUT2D eigenvalue weighted by Crippen LogP contribution is -2.20. The molecule has 4 rings (SSSR count). The Morgan fingerprint density at radius 1 is 1.11 bits per heavy atom. The third kappa shape index (κ3) is 1.95. The Balaban J connectivity index is 1.70. The predicted octanol–water partition coefficient (Wildman–Crippen LogP) is 3.69. The van der Waals surface area contributed by atoms with Gasteiger partial charge in [-0.2, -0.15) is 0 Å². The van der Waals surface area contributed by atoms with Crippen LogP contribution in [-0.2, 0) is 0 Å². The fourth-order valence-corrected chi connectivity index (χ4v) is 3.98. The van der Waals surface area contributed by atoms with E-state index in [1.165, 1.54) is 43.2 Å². The summed E-state index contributed by atoms with van der Waals surface area (Å²) in [5.74, 6) is 1.72. The molecular weight excluding hydrogens is 232 g/mol. The van der Waals surface area contributed by atoms with Gasteiger partial charge in [-0.1, -0.05) is 31.0 Å². The summed E-state index contributed by atoms with van der Waals surface area (Å²) in [6.45, 7) is 1.20. The minimum absolute atomic E-state index is 0.530. The molecule has 0 radical (unpaired) electrons. The van der Waals surface area contributed by atoms with E-state index in [9.17, 15) is 0 Å². The number of nitrogens with zero attached hydrogens (tertiary/aromatic N) is 1. The van der Waals surface area contributed by atoms with Crippen LogP contribution in [0.3, 0.4) is 0 Å². The fourth-order valence-electron chi connectivity index (χ4n) is 3.98. The van der Waals surface area contributed by atoms with E-state index in [-0.39, 0.29) is 0 Å². The van der Waals surface area contributed by atoms with Gasteiger partial charge in [-0.05, 0) is 48.9 Å². The van der Waals surface area contributed by atoms with Crippen molar-refractivity contribution in [3.8, 4) is 0 Å². The van der Waals surface area contributed by atoms with E-state index >= 15 is 0 Å². The number of hydrogen-bond acceptors (Lipinski definition) is 2. The highest BCUT2D eigenvalue weighted by molar-refractivity contribution is 5.78. The van der Waals surface area contributed by atoms with Gasteiger partial charge in [0.25, 0.3) is 0 Å². The molecule has 2 heteroatoms. The third-order valence-electron chi connectivity index (χ3n) is 4.97. The van der Waals surface area contributed by atoms with Crippen LogP contribution in [0.15, 0.2) is 36.5 Å². The molecule has 98 valence electrons. The second-order valence-electron chi connectivity index (χ2n) is 6.06. The minimum Gasteiger partial charge on any atom is -0.309 e. The van der Waals surface area contributed by atoms with Gasteiger partial charge in [0.1, 0.15) is 0 Å². The van der Waals surface area contributed by atoms with Crippen molar-refractivity contribution in [3.63, 3.8) is 0 Å². The number of para-hydroxylation sites is 1. The molecule has 1 aliphatic heterocycles. The van der Waals surface area contributed by atoms with Crippen molar-refractivity contribution in [1.82, 2.24) is 10.3 Å². The molecule has 1 saturated carbocycles. The Kier molecular flexibility index (Phi) is 2.77. The third-order valence-corrected chi connectivity index (χ3v) is 4.97. The molecular formula is C17H20N2. The molecule has 19 heavy (non-hydrogen) atoms. The van der Waals surface area contributed by atoms with Crippen molar-refractivity contribution in [3.05, 3.63) is 42.1 Å². The predicted molar refractivity (Wildman–Crippen MR) is 77.9 cm³/mol. The van der Waals surface area contributed by atoms with Gasteiger partial charge >= 0.3 is 0 Å². The van der Waals surface area contributed by atoms with Gasteiger partial charge in [0.15, 0.2) is 0 Å². The summed E-state index contributed by atoms with van der Waals surface area (Å²) in [5, 5.41) is 5.00. The summed E-state index contributed by atoms with van der Waals surface area (Å²) in [7, 11) is 0. The first-order valence-electron chi connectivity index (χ1n) is 7.50. The first kappa shape index (κ1) is 11.4. The summed E-state index contributed by atoms with van der Waals surface area (Å²) < 4.78 is 0. The molecule has 2 fully saturated rings. The number of nitrogens with one attached hydrogen (secondary N) is 1. The Labute approximate surface area is 114 Å². The summed E-state index contributed by atoms with van der Waals surface area (Å²) in [6, 6.07) is 11.3. The van der Waals surface area contributed by atoms with E-state index in [1.54, 1.807) is 0 Å². The van der Waals surface area contributed by atoms with Gasteiger partial charge in [-0.25, -0.2) is 0 Å². The molecule has 0 spiro atoms. The molecule has 0 amide bonds. The second kappa shape index (κ2) is 4.61. The number of hydrogen-bond donors (Lipinski definition) is 1. The number of fused-ring (bicyclic) bond motifs is 2. The molecule has 1 aromatic carbocycles. The van der Waals surface area contributed by atoms with Crippen LogP contribution < -0.4 is 5.32 Å². The van der Waals surface area contributed by atoms with E-state index < -0.39 is 0 Å². The van der Waals surface area contributed by atoms with Crippen molar-refractivity contribution < 1.29 is 0 Å². The summed E-state index contributed by atoms with van der Waals surface area (Å²) in [5.41, 5.74) is 2.48. The average Bonchev–Trinajstić information content (AvgIpc) is 2.91. The summed E-state index contributed by atoms with van der Waals surface area (Å²) >= 11 is 0. The maximum Gasteiger partial charge on any atom is 0.0702 e. The smallest absolute Gasteiger partial charge is 0.0702 e. The van der Waals surface area contributed by atoms with Crippen molar-refractivity contribution in [1.29, 1.82) is 0 Å². The maximum atomic E-state index is 4.62. The Hall–Kier alpha value is -1.41. The first-order chi connectivity index (χ1) is 9.42. The average molecular weight is 252 g/mol. The zero-order valence-corrected chi connectivity index (χ0v) is 11.2. The van der Waals surface area contributed by atoms with Gasteiger partial charge in [0.05, 0.1) is 5.52 Å². The quantitative estimate of drug-likeness (QED) is 0.837. The van der Waals surface area contributed by atoms with E-state index in [2.05, 4.69) is 46.8 Å². The molecule has 1 aromatic heterocycles. The molecule has 1 saturated heterocycles. The Morgan fingerprint density at radius 2 is 2.00 bits per heavy atom. The molecule has 2 heterocycles. The number of rotatable bonds is 1. The lowest BCUT2D eigenvalue weighted by molar-refractivity contribution is 0.266. The Bertz CT molecular complexity index is 593. The SMILES string of the molecule is c1ccc2ncc(C3NCC4CCCCC43)cc2c1.